The number of carboxylic acid groups (broad SMARTS) is 1. The second-order valence-corrected chi connectivity index (χ2v) is 1.98. The van der Waals surface area contributed by atoms with Crippen LogP contribution in [0, 0.1) is 0 Å². The molecule has 1 rings (SSSR count). The number of hydrogen-bond donors (Lipinski definition) is 1. The molecule has 0 aliphatic carbocycles. The zero-order valence-corrected chi connectivity index (χ0v) is 7.81. The second kappa shape index (κ2) is 5.49. The molecule has 0 radical (unpaired) electrons. The van der Waals surface area contributed by atoms with Gasteiger partial charge in [-0.05, 0) is 0 Å². The molecule has 64 valence electrons. The Kier molecular flexibility index (Phi) is 4.96. The molecule has 0 amide bonds. The summed E-state index contributed by atoms with van der Waals surface area (Å²) in [7, 11) is 0. The SMILES string of the molecule is O=C(O)/C=C/[n+]1ccccc1.[Br-]. The molecular weight excluding hydrogens is 222 g/mol. The topological polar surface area (TPSA) is 41.2 Å². The van der Waals surface area contributed by atoms with Crippen LogP contribution in [0.4, 0.5) is 0 Å². The van der Waals surface area contributed by atoms with Crippen molar-refractivity contribution in [3.05, 3.63) is 36.7 Å². The molecule has 0 atom stereocenters. The summed E-state index contributed by atoms with van der Waals surface area (Å²) in [6.45, 7) is 0. The van der Waals surface area contributed by atoms with Crippen LogP contribution in [0.1, 0.15) is 0 Å². The van der Waals surface area contributed by atoms with Crippen molar-refractivity contribution in [2.24, 2.45) is 0 Å². The number of carbonyl (C=O) groups is 1. The lowest BCUT2D eigenvalue weighted by Crippen LogP contribution is -3.00. The second-order valence-electron chi connectivity index (χ2n) is 1.98. The fraction of sp³-hybridized carbons (Fsp3) is 0. The fourth-order valence-electron chi connectivity index (χ4n) is 0.661. The number of nitrogens with zero attached hydrogens (tertiary/aromatic N) is 1. The molecule has 0 unspecified atom stereocenters. The monoisotopic (exact) mass is 229 g/mol. The minimum absolute atomic E-state index is 0. The molecule has 0 saturated heterocycles. The van der Waals surface area contributed by atoms with Gasteiger partial charge in [-0.15, -0.1) is 0 Å². The van der Waals surface area contributed by atoms with Crippen molar-refractivity contribution in [3.8, 4) is 0 Å². The third kappa shape index (κ3) is 3.88. The molecule has 1 aromatic rings. The molecule has 12 heavy (non-hydrogen) atoms. The standard InChI is InChI=1S/C8H7NO2.BrH/c10-8(11)4-7-9-5-2-1-3-6-9;/h1-7H;1H/b7-4+;. The highest BCUT2D eigenvalue weighted by Crippen LogP contribution is 1.77. The highest BCUT2D eigenvalue weighted by molar-refractivity contribution is 5.82. The maximum atomic E-state index is 10.1. The van der Waals surface area contributed by atoms with Gasteiger partial charge in [0.2, 0.25) is 0 Å². The summed E-state index contributed by atoms with van der Waals surface area (Å²) in [5, 5.41) is 8.27. The summed E-state index contributed by atoms with van der Waals surface area (Å²) in [5.41, 5.74) is 0. The van der Waals surface area contributed by atoms with E-state index in [1.165, 1.54) is 6.20 Å². The molecule has 0 saturated carbocycles. The summed E-state index contributed by atoms with van der Waals surface area (Å²) in [5.74, 6) is -0.943. The van der Waals surface area contributed by atoms with Gasteiger partial charge in [0, 0.05) is 12.1 Å². The van der Waals surface area contributed by atoms with Gasteiger partial charge >= 0.3 is 5.97 Å². The Hall–Kier alpha value is -1.16. The first-order chi connectivity index (χ1) is 5.29. The molecule has 0 bridgehead atoms. The lowest BCUT2D eigenvalue weighted by molar-refractivity contribution is -0.568. The molecule has 0 aromatic carbocycles. The van der Waals surface area contributed by atoms with Crippen LogP contribution in [0.2, 0.25) is 0 Å². The van der Waals surface area contributed by atoms with Gasteiger partial charge in [-0.1, -0.05) is 6.07 Å². The zero-order chi connectivity index (χ0) is 8.10. The van der Waals surface area contributed by atoms with Crippen molar-refractivity contribution < 1.29 is 31.4 Å². The highest BCUT2D eigenvalue weighted by atomic mass is 79.9. The molecule has 1 N–H and O–H groups in total. The Morgan fingerprint density at radius 2 is 1.83 bits per heavy atom. The Morgan fingerprint density at radius 1 is 1.25 bits per heavy atom. The van der Waals surface area contributed by atoms with E-state index in [2.05, 4.69) is 0 Å². The molecule has 0 fully saturated rings. The predicted octanol–water partition coefficient (Wildman–Crippen LogP) is -2.47. The number of hydrogen-bond acceptors (Lipinski definition) is 1. The smallest absolute Gasteiger partial charge is 0.334 e. The van der Waals surface area contributed by atoms with Crippen LogP contribution in [0.15, 0.2) is 36.7 Å². The third-order valence-electron chi connectivity index (χ3n) is 1.13. The molecule has 3 nitrogen and oxygen atoms in total. The maximum Gasteiger partial charge on any atom is 0.334 e. The van der Waals surface area contributed by atoms with Gasteiger partial charge in [-0.25, -0.2) is 4.79 Å². The van der Waals surface area contributed by atoms with Crippen LogP contribution in [-0.4, -0.2) is 11.1 Å². The van der Waals surface area contributed by atoms with Gasteiger partial charge in [-0.2, -0.15) is 4.57 Å². The van der Waals surface area contributed by atoms with E-state index in [1.54, 1.807) is 17.0 Å². The Bertz CT molecular complexity index is 272. The van der Waals surface area contributed by atoms with Gasteiger partial charge in [0.05, 0.1) is 6.08 Å². The summed E-state index contributed by atoms with van der Waals surface area (Å²) in [6, 6.07) is 5.52. The molecule has 4 heteroatoms. The lowest BCUT2D eigenvalue weighted by atomic mass is 10.5. The predicted molar refractivity (Wildman–Crippen MR) is 39.6 cm³/mol. The fourth-order valence-corrected chi connectivity index (χ4v) is 0.661. The van der Waals surface area contributed by atoms with E-state index in [-0.39, 0.29) is 17.0 Å². The summed E-state index contributed by atoms with van der Waals surface area (Å²) in [4.78, 5) is 10.1. The van der Waals surface area contributed by atoms with Crippen molar-refractivity contribution in [2.45, 2.75) is 0 Å². The lowest BCUT2D eigenvalue weighted by Gasteiger charge is -1.82. The summed E-state index contributed by atoms with van der Waals surface area (Å²) >= 11 is 0. The van der Waals surface area contributed by atoms with Gasteiger partial charge in [0.25, 0.3) is 0 Å². The first kappa shape index (κ1) is 10.8. The van der Waals surface area contributed by atoms with E-state index >= 15 is 0 Å². The quantitative estimate of drug-likeness (QED) is 0.452. The van der Waals surface area contributed by atoms with Crippen molar-refractivity contribution in [2.75, 3.05) is 0 Å². The first-order valence-electron chi connectivity index (χ1n) is 3.16. The number of pyridine rings is 1. The number of carboxylic acids is 1. The number of aromatic nitrogens is 1. The molecule has 0 spiro atoms. The minimum atomic E-state index is -0.943. The van der Waals surface area contributed by atoms with E-state index in [9.17, 15) is 4.79 Å². The van der Waals surface area contributed by atoms with Crippen LogP contribution in [0.25, 0.3) is 6.20 Å². The van der Waals surface area contributed by atoms with Crippen LogP contribution < -0.4 is 21.5 Å². The minimum Gasteiger partial charge on any atom is -1.00 e. The van der Waals surface area contributed by atoms with Crippen molar-refractivity contribution in [3.63, 3.8) is 0 Å². The van der Waals surface area contributed by atoms with Crippen LogP contribution in [-0.2, 0) is 4.79 Å². The van der Waals surface area contributed by atoms with Gasteiger partial charge in [0.15, 0.2) is 18.6 Å². The first-order valence-corrected chi connectivity index (χ1v) is 3.16. The molecule has 1 aromatic heterocycles. The van der Waals surface area contributed by atoms with Crippen molar-refractivity contribution in [1.82, 2.24) is 0 Å². The summed E-state index contributed by atoms with van der Waals surface area (Å²) in [6.07, 6.45) is 6.08. The number of aliphatic carboxylic acids is 1. The van der Waals surface area contributed by atoms with Crippen molar-refractivity contribution in [1.29, 1.82) is 0 Å². The van der Waals surface area contributed by atoms with Gasteiger partial charge in [0.1, 0.15) is 0 Å². The maximum absolute atomic E-state index is 10.1. The normalized spacial score (nSPS) is 9.33. The average molecular weight is 230 g/mol. The van der Waals surface area contributed by atoms with E-state index in [0.717, 1.165) is 6.08 Å². The molecule has 0 aliphatic heterocycles. The van der Waals surface area contributed by atoms with Crippen LogP contribution in [0.5, 0.6) is 0 Å². The number of halogens is 1. The van der Waals surface area contributed by atoms with Crippen LogP contribution in [0.3, 0.4) is 0 Å². The average Bonchev–Trinajstić information content (AvgIpc) is 2.03. The van der Waals surface area contributed by atoms with E-state index in [1.807, 2.05) is 18.2 Å². The van der Waals surface area contributed by atoms with Crippen LogP contribution >= 0.6 is 0 Å². The summed E-state index contributed by atoms with van der Waals surface area (Å²) < 4.78 is 1.66. The van der Waals surface area contributed by atoms with Gasteiger partial charge in [-0.3, -0.25) is 0 Å². The Labute approximate surface area is 80.7 Å². The molecular formula is C8H8BrNO2. The Balaban J connectivity index is 0.00000121. The Morgan fingerprint density at radius 3 is 2.33 bits per heavy atom. The highest BCUT2D eigenvalue weighted by Gasteiger charge is 1.91. The largest absolute Gasteiger partial charge is 1.00 e. The van der Waals surface area contributed by atoms with Gasteiger partial charge < -0.3 is 22.1 Å². The van der Waals surface area contributed by atoms with Crippen molar-refractivity contribution >= 4 is 12.2 Å². The zero-order valence-electron chi connectivity index (χ0n) is 6.22. The van der Waals surface area contributed by atoms with E-state index in [4.69, 9.17) is 5.11 Å². The molecule has 0 aliphatic rings. The molecule has 1 heterocycles. The van der Waals surface area contributed by atoms with E-state index in [0.29, 0.717) is 0 Å². The number of rotatable bonds is 2. The van der Waals surface area contributed by atoms with E-state index < -0.39 is 5.97 Å². The third-order valence-corrected chi connectivity index (χ3v) is 1.13.